The Labute approximate surface area is 125 Å². The second kappa shape index (κ2) is 5.65. The van der Waals surface area contributed by atoms with E-state index in [4.69, 9.17) is 0 Å². The summed E-state index contributed by atoms with van der Waals surface area (Å²) in [6, 6.07) is -0.536. The van der Waals surface area contributed by atoms with Crippen LogP contribution < -0.4 is 0 Å². The zero-order chi connectivity index (χ0) is 18.6. The van der Waals surface area contributed by atoms with E-state index in [9.17, 15) is 49.0 Å². The summed E-state index contributed by atoms with van der Waals surface area (Å²) in [7, 11) is 0. The normalized spacial score (nSPS) is 14.0. The van der Waals surface area contributed by atoms with Crippen LogP contribution in [-0.4, -0.2) is 5.11 Å². The summed E-state index contributed by atoms with van der Waals surface area (Å²) in [5.74, 6) is -28.9. The summed E-state index contributed by atoms with van der Waals surface area (Å²) in [5, 5.41) is 9.38. The Kier molecular flexibility index (Phi) is 4.25. The van der Waals surface area contributed by atoms with Crippen molar-refractivity contribution in [1.29, 1.82) is 0 Å². The van der Waals surface area contributed by atoms with Gasteiger partial charge in [0.1, 0.15) is 0 Å². The largest absolute Gasteiger partial charge is 0.354 e. The zero-order valence-corrected chi connectivity index (χ0v) is 10.8. The van der Waals surface area contributed by atoms with E-state index < -0.39 is 75.4 Å². The van der Waals surface area contributed by atoms with E-state index in [0.29, 0.717) is 0 Å². The summed E-state index contributed by atoms with van der Waals surface area (Å²) in [5.41, 5.74) is -4.86. The number of hydrogen-bond acceptors (Lipinski definition) is 1. The summed E-state index contributed by atoms with van der Waals surface area (Å²) in [6.07, 6.45) is 0. The Morgan fingerprint density at radius 3 is 1.42 bits per heavy atom. The molecule has 0 radical (unpaired) electrons. The minimum atomic E-state index is -4.91. The molecule has 0 heterocycles. The Bertz CT molecular complexity index is 817. The molecular formula is C13H2F10O. The van der Waals surface area contributed by atoms with Crippen LogP contribution in [0.1, 0.15) is 11.1 Å². The molecule has 1 atom stereocenters. The van der Waals surface area contributed by atoms with Crippen LogP contribution in [0.25, 0.3) is 0 Å². The van der Waals surface area contributed by atoms with Gasteiger partial charge in [0.15, 0.2) is 46.5 Å². The summed E-state index contributed by atoms with van der Waals surface area (Å²) >= 11 is 0. The van der Waals surface area contributed by atoms with Gasteiger partial charge in [0.25, 0.3) is 5.85 Å². The molecular weight excluding hydrogens is 362 g/mol. The monoisotopic (exact) mass is 364 g/mol. The van der Waals surface area contributed by atoms with Crippen molar-refractivity contribution in [3.05, 3.63) is 69.5 Å². The second-order valence-electron chi connectivity index (χ2n) is 4.41. The maximum Gasteiger partial charge on any atom is 0.268 e. The molecule has 0 saturated carbocycles. The van der Waals surface area contributed by atoms with Crippen LogP contribution in [-0.2, 0) is 5.85 Å². The summed E-state index contributed by atoms with van der Waals surface area (Å²) < 4.78 is 133. The SMILES string of the molecule is OC(F)(c1cc(F)c(F)c(F)c1F)c1c(F)c(F)c(F)c(F)c1F. The van der Waals surface area contributed by atoms with Crippen LogP contribution >= 0.6 is 0 Å². The molecule has 0 spiro atoms. The molecule has 2 aromatic rings. The smallest absolute Gasteiger partial charge is 0.268 e. The third-order valence-electron chi connectivity index (χ3n) is 3.00. The van der Waals surface area contributed by atoms with Gasteiger partial charge in [-0.2, -0.15) is 0 Å². The van der Waals surface area contributed by atoms with Gasteiger partial charge in [0, 0.05) is 0 Å². The lowest BCUT2D eigenvalue weighted by atomic mass is 9.96. The first-order chi connectivity index (χ1) is 10.9. The van der Waals surface area contributed by atoms with Crippen LogP contribution in [0, 0.1) is 52.4 Å². The Hall–Kier alpha value is -2.30. The van der Waals surface area contributed by atoms with Gasteiger partial charge in [-0.15, -0.1) is 0 Å². The van der Waals surface area contributed by atoms with Gasteiger partial charge in [-0.05, 0) is 6.07 Å². The molecule has 0 aliphatic carbocycles. The van der Waals surface area contributed by atoms with E-state index in [1.807, 2.05) is 0 Å². The van der Waals surface area contributed by atoms with Crippen LogP contribution in [0.4, 0.5) is 43.9 Å². The molecule has 0 fully saturated rings. The van der Waals surface area contributed by atoms with Crippen molar-refractivity contribution in [2.45, 2.75) is 5.85 Å². The van der Waals surface area contributed by atoms with Gasteiger partial charge < -0.3 is 5.11 Å². The molecule has 11 heteroatoms. The maximum atomic E-state index is 14.2. The van der Waals surface area contributed by atoms with Crippen LogP contribution in [0.15, 0.2) is 6.07 Å². The van der Waals surface area contributed by atoms with E-state index in [0.717, 1.165) is 0 Å². The molecule has 0 aromatic heterocycles. The van der Waals surface area contributed by atoms with Crippen molar-refractivity contribution >= 4 is 0 Å². The summed E-state index contributed by atoms with van der Waals surface area (Å²) in [6.45, 7) is 0. The Balaban J connectivity index is 2.88. The molecule has 0 bridgehead atoms. The van der Waals surface area contributed by atoms with Crippen LogP contribution in [0.5, 0.6) is 0 Å². The predicted molar refractivity (Wildman–Crippen MR) is 56.6 cm³/mol. The fraction of sp³-hybridized carbons (Fsp3) is 0.0769. The maximum absolute atomic E-state index is 14.2. The second-order valence-corrected chi connectivity index (χ2v) is 4.41. The van der Waals surface area contributed by atoms with Crippen LogP contribution in [0.2, 0.25) is 0 Å². The van der Waals surface area contributed by atoms with Gasteiger partial charge in [-0.25, -0.2) is 43.9 Å². The van der Waals surface area contributed by atoms with Crippen molar-refractivity contribution in [1.82, 2.24) is 0 Å². The van der Waals surface area contributed by atoms with Crippen LogP contribution in [0.3, 0.4) is 0 Å². The van der Waals surface area contributed by atoms with Gasteiger partial charge in [0.05, 0.1) is 11.1 Å². The average Bonchev–Trinajstić information content (AvgIpc) is 2.52. The first-order valence-corrected chi connectivity index (χ1v) is 5.69. The number of benzene rings is 2. The fourth-order valence-corrected chi connectivity index (χ4v) is 1.84. The van der Waals surface area contributed by atoms with Crippen molar-refractivity contribution < 1.29 is 49.0 Å². The Morgan fingerprint density at radius 2 is 0.958 bits per heavy atom. The Morgan fingerprint density at radius 1 is 0.583 bits per heavy atom. The molecule has 2 rings (SSSR count). The molecule has 2 aromatic carbocycles. The van der Waals surface area contributed by atoms with Gasteiger partial charge in [0.2, 0.25) is 5.82 Å². The van der Waals surface area contributed by atoms with Crippen molar-refractivity contribution in [3.63, 3.8) is 0 Å². The first kappa shape index (κ1) is 18.0. The fourth-order valence-electron chi connectivity index (χ4n) is 1.84. The van der Waals surface area contributed by atoms with Crippen molar-refractivity contribution in [3.8, 4) is 0 Å². The molecule has 0 saturated heterocycles. The van der Waals surface area contributed by atoms with E-state index in [1.54, 1.807) is 0 Å². The zero-order valence-electron chi connectivity index (χ0n) is 10.8. The molecule has 0 aliphatic heterocycles. The lowest BCUT2D eigenvalue weighted by Crippen LogP contribution is -2.28. The average molecular weight is 364 g/mol. The lowest BCUT2D eigenvalue weighted by molar-refractivity contribution is -0.0650. The molecule has 1 nitrogen and oxygen atoms in total. The third kappa shape index (κ3) is 2.39. The van der Waals surface area contributed by atoms with E-state index in [2.05, 4.69) is 0 Å². The highest BCUT2D eigenvalue weighted by Gasteiger charge is 2.45. The molecule has 1 N–H and O–H groups in total. The summed E-state index contributed by atoms with van der Waals surface area (Å²) in [4.78, 5) is 0. The molecule has 0 amide bonds. The van der Waals surface area contributed by atoms with Gasteiger partial charge >= 0.3 is 0 Å². The molecule has 1 unspecified atom stereocenters. The predicted octanol–water partition coefficient (Wildman–Crippen LogP) is 4.10. The number of rotatable bonds is 2. The highest BCUT2D eigenvalue weighted by molar-refractivity contribution is 5.38. The third-order valence-corrected chi connectivity index (χ3v) is 3.00. The molecule has 24 heavy (non-hydrogen) atoms. The van der Waals surface area contributed by atoms with Crippen molar-refractivity contribution in [2.24, 2.45) is 0 Å². The van der Waals surface area contributed by atoms with Gasteiger partial charge in [-0.3, -0.25) is 0 Å². The minimum Gasteiger partial charge on any atom is -0.354 e. The molecule has 0 aliphatic rings. The first-order valence-electron chi connectivity index (χ1n) is 5.69. The number of halogens is 10. The van der Waals surface area contributed by atoms with E-state index in [-0.39, 0.29) is 0 Å². The van der Waals surface area contributed by atoms with Crippen molar-refractivity contribution in [2.75, 3.05) is 0 Å². The highest BCUT2D eigenvalue weighted by atomic mass is 19.2. The molecule has 130 valence electrons. The standard InChI is InChI=1S/C13H2F10O/c14-3-1-2(5(15)9(19)6(3)16)13(23,24)4-7(17)10(20)12(22)11(21)8(4)18/h1,24H. The van der Waals surface area contributed by atoms with E-state index >= 15 is 0 Å². The van der Waals surface area contributed by atoms with E-state index in [1.165, 1.54) is 0 Å². The number of alkyl halides is 1. The lowest BCUT2D eigenvalue weighted by Gasteiger charge is -2.22. The number of hydrogen-bond donors (Lipinski definition) is 1. The van der Waals surface area contributed by atoms with Gasteiger partial charge in [-0.1, -0.05) is 0 Å². The highest BCUT2D eigenvalue weighted by Crippen LogP contribution is 2.39. The topological polar surface area (TPSA) is 20.2 Å². The minimum absolute atomic E-state index is 0.536. The number of aliphatic hydroxyl groups is 1. The quantitative estimate of drug-likeness (QED) is 0.483.